The number of carbonyl (C=O) groups excluding carboxylic acids is 1. The van der Waals surface area contributed by atoms with E-state index in [1.165, 1.54) is 6.33 Å². The first-order chi connectivity index (χ1) is 8.22. The van der Waals surface area contributed by atoms with Gasteiger partial charge in [-0.05, 0) is 26.3 Å². The first-order valence-corrected chi connectivity index (χ1v) is 6.35. The van der Waals surface area contributed by atoms with Gasteiger partial charge in [0.25, 0.3) is 0 Å². The minimum absolute atomic E-state index is 0.141. The van der Waals surface area contributed by atoms with Gasteiger partial charge in [-0.3, -0.25) is 4.79 Å². The van der Waals surface area contributed by atoms with E-state index in [1.54, 1.807) is 0 Å². The van der Waals surface area contributed by atoms with Crippen LogP contribution < -0.4 is 5.32 Å². The van der Waals surface area contributed by atoms with Crippen LogP contribution in [0.5, 0.6) is 0 Å². The van der Waals surface area contributed by atoms with Crippen LogP contribution in [0.4, 0.5) is 0 Å². The second-order valence-electron chi connectivity index (χ2n) is 4.68. The number of aromatic nitrogens is 3. The Labute approximate surface area is 102 Å². The molecule has 2 atom stereocenters. The minimum atomic E-state index is 0.141. The number of carbonyl (C=O) groups is 1. The molecule has 0 spiro atoms. The summed E-state index contributed by atoms with van der Waals surface area (Å²) in [6, 6.07) is 0.296. The van der Waals surface area contributed by atoms with Crippen molar-refractivity contribution in [3.63, 3.8) is 0 Å². The van der Waals surface area contributed by atoms with E-state index in [9.17, 15) is 4.79 Å². The lowest BCUT2D eigenvalue weighted by Gasteiger charge is -2.13. The molecule has 0 radical (unpaired) electrons. The molecular weight excluding hydrogens is 216 g/mol. The Kier molecular flexibility index (Phi) is 3.89. The van der Waals surface area contributed by atoms with Crippen molar-refractivity contribution in [1.29, 1.82) is 0 Å². The van der Waals surface area contributed by atoms with Crippen molar-refractivity contribution in [2.45, 2.75) is 45.7 Å². The second-order valence-corrected chi connectivity index (χ2v) is 4.68. The van der Waals surface area contributed by atoms with Crippen LogP contribution in [0.25, 0.3) is 0 Å². The maximum Gasteiger partial charge on any atom is 0.145 e. The van der Waals surface area contributed by atoms with Gasteiger partial charge < -0.3 is 5.32 Å². The molecule has 1 N–H and O–H groups in total. The van der Waals surface area contributed by atoms with Crippen molar-refractivity contribution in [2.75, 3.05) is 6.54 Å². The number of nitrogens with zero attached hydrogens (tertiary/aromatic N) is 3. The van der Waals surface area contributed by atoms with Gasteiger partial charge in [-0.15, -0.1) is 0 Å². The fourth-order valence-corrected chi connectivity index (χ4v) is 2.41. The molecule has 2 heterocycles. The molecule has 2 unspecified atom stereocenters. The molecule has 0 aliphatic carbocycles. The predicted octanol–water partition coefficient (Wildman–Crippen LogP) is 0.798. The zero-order chi connectivity index (χ0) is 12.3. The Morgan fingerprint density at radius 3 is 3.12 bits per heavy atom. The zero-order valence-electron chi connectivity index (χ0n) is 10.5. The first-order valence-electron chi connectivity index (χ1n) is 6.35. The molecular formula is C12H20N4O. The van der Waals surface area contributed by atoms with Crippen molar-refractivity contribution in [1.82, 2.24) is 20.1 Å². The highest BCUT2D eigenvalue weighted by Crippen LogP contribution is 2.17. The standard InChI is InChI=1S/C12H20N4O/c1-3-6-16-12(14-8-15-16)7-11(17)10-4-5-13-9(10)2/h8-10,13H,3-7H2,1-2H3. The summed E-state index contributed by atoms with van der Waals surface area (Å²) in [4.78, 5) is 16.3. The van der Waals surface area contributed by atoms with E-state index in [0.29, 0.717) is 12.5 Å². The molecule has 1 aromatic rings. The zero-order valence-corrected chi connectivity index (χ0v) is 10.5. The van der Waals surface area contributed by atoms with E-state index in [0.717, 1.165) is 31.8 Å². The molecule has 1 fully saturated rings. The molecule has 2 rings (SSSR count). The van der Waals surface area contributed by atoms with Gasteiger partial charge in [0.1, 0.15) is 17.9 Å². The van der Waals surface area contributed by atoms with Crippen LogP contribution in [0, 0.1) is 5.92 Å². The van der Waals surface area contributed by atoms with Gasteiger partial charge >= 0.3 is 0 Å². The topological polar surface area (TPSA) is 59.8 Å². The summed E-state index contributed by atoms with van der Waals surface area (Å²) in [5.74, 6) is 1.23. The summed E-state index contributed by atoms with van der Waals surface area (Å²) < 4.78 is 1.84. The van der Waals surface area contributed by atoms with Gasteiger partial charge in [0, 0.05) is 18.5 Å². The minimum Gasteiger partial charge on any atom is -0.314 e. The third kappa shape index (κ3) is 2.72. The highest BCUT2D eigenvalue weighted by Gasteiger charge is 2.29. The smallest absolute Gasteiger partial charge is 0.145 e. The number of hydrogen-bond donors (Lipinski definition) is 1. The third-order valence-electron chi connectivity index (χ3n) is 3.40. The maximum atomic E-state index is 12.2. The predicted molar refractivity (Wildman–Crippen MR) is 64.6 cm³/mol. The number of hydrogen-bond acceptors (Lipinski definition) is 4. The number of ketones is 1. The summed E-state index contributed by atoms with van der Waals surface area (Å²) in [6.07, 6.45) is 3.90. The summed E-state index contributed by atoms with van der Waals surface area (Å²) in [5.41, 5.74) is 0. The number of aryl methyl sites for hydroxylation is 1. The molecule has 0 amide bonds. The van der Waals surface area contributed by atoms with Crippen LogP contribution in [-0.2, 0) is 17.8 Å². The van der Waals surface area contributed by atoms with E-state index >= 15 is 0 Å². The molecule has 94 valence electrons. The molecule has 5 heteroatoms. The first kappa shape index (κ1) is 12.2. The van der Waals surface area contributed by atoms with Crippen molar-refractivity contribution in [2.24, 2.45) is 5.92 Å². The SMILES string of the molecule is CCCn1ncnc1CC(=O)C1CCNC1C. The molecule has 0 bridgehead atoms. The van der Waals surface area contributed by atoms with Crippen LogP contribution in [-0.4, -0.2) is 33.1 Å². The number of rotatable bonds is 5. The molecule has 17 heavy (non-hydrogen) atoms. The average Bonchev–Trinajstić information content (AvgIpc) is 2.89. The molecule has 0 aromatic carbocycles. The van der Waals surface area contributed by atoms with Gasteiger partial charge in [0.15, 0.2) is 0 Å². The molecule has 1 aromatic heterocycles. The van der Waals surface area contributed by atoms with Crippen LogP contribution in [0.3, 0.4) is 0 Å². The van der Waals surface area contributed by atoms with Gasteiger partial charge in [-0.25, -0.2) is 9.67 Å². The summed E-state index contributed by atoms with van der Waals surface area (Å²) in [7, 11) is 0. The Morgan fingerprint density at radius 1 is 1.65 bits per heavy atom. The lowest BCUT2D eigenvalue weighted by molar-refractivity contribution is -0.122. The molecule has 1 aliphatic heterocycles. The van der Waals surface area contributed by atoms with Gasteiger partial charge in [-0.2, -0.15) is 5.10 Å². The van der Waals surface area contributed by atoms with Crippen LogP contribution in [0.15, 0.2) is 6.33 Å². The van der Waals surface area contributed by atoms with Crippen LogP contribution in [0.1, 0.15) is 32.5 Å². The second kappa shape index (κ2) is 5.40. The Balaban J connectivity index is 2.00. The van der Waals surface area contributed by atoms with E-state index in [4.69, 9.17) is 0 Å². The van der Waals surface area contributed by atoms with Crippen molar-refractivity contribution >= 4 is 5.78 Å². The van der Waals surface area contributed by atoms with E-state index in [1.807, 2.05) is 4.68 Å². The third-order valence-corrected chi connectivity index (χ3v) is 3.40. The average molecular weight is 236 g/mol. The van der Waals surface area contributed by atoms with Crippen molar-refractivity contribution < 1.29 is 4.79 Å². The number of Topliss-reactive ketones (excluding diaryl/α,β-unsaturated/α-hetero) is 1. The van der Waals surface area contributed by atoms with Crippen LogP contribution >= 0.6 is 0 Å². The molecule has 1 saturated heterocycles. The highest BCUT2D eigenvalue weighted by molar-refractivity contribution is 5.83. The lowest BCUT2D eigenvalue weighted by atomic mass is 9.95. The van der Waals surface area contributed by atoms with E-state index < -0.39 is 0 Å². The summed E-state index contributed by atoms with van der Waals surface area (Å²) >= 11 is 0. The Morgan fingerprint density at radius 2 is 2.47 bits per heavy atom. The van der Waals surface area contributed by atoms with Crippen LogP contribution in [0.2, 0.25) is 0 Å². The number of nitrogens with one attached hydrogen (secondary N) is 1. The molecule has 0 saturated carbocycles. The molecule has 5 nitrogen and oxygen atoms in total. The van der Waals surface area contributed by atoms with Crippen molar-refractivity contribution in [3.05, 3.63) is 12.2 Å². The fourth-order valence-electron chi connectivity index (χ4n) is 2.41. The highest BCUT2D eigenvalue weighted by atomic mass is 16.1. The largest absolute Gasteiger partial charge is 0.314 e. The monoisotopic (exact) mass is 236 g/mol. The van der Waals surface area contributed by atoms with Gasteiger partial charge in [0.05, 0.1) is 6.42 Å². The summed E-state index contributed by atoms with van der Waals surface area (Å²) in [5, 5.41) is 7.45. The van der Waals surface area contributed by atoms with Gasteiger partial charge in [0.2, 0.25) is 0 Å². The quantitative estimate of drug-likeness (QED) is 0.821. The summed E-state index contributed by atoms with van der Waals surface area (Å²) in [6.45, 7) is 5.95. The normalized spacial score (nSPS) is 24.1. The Bertz CT molecular complexity index is 388. The van der Waals surface area contributed by atoms with E-state index in [-0.39, 0.29) is 11.7 Å². The molecule has 1 aliphatic rings. The fraction of sp³-hybridized carbons (Fsp3) is 0.750. The Hall–Kier alpha value is -1.23. The van der Waals surface area contributed by atoms with Crippen molar-refractivity contribution in [3.8, 4) is 0 Å². The maximum absolute atomic E-state index is 12.2. The van der Waals surface area contributed by atoms with Gasteiger partial charge in [-0.1, -0.05) is 6.92 Å². The lowest BCUT2D eigenvalue weighted by Crippen LogP contribution is -2.29. The van der Waals surface area contributed by atoms with E-state index in [2.05, 4.69) is 29.2 Å².